The van der Waals surface area contributed by atoms with Crippen molar-refractivity contribution in [1.82, 2.24) is 20.0 Å². The van der Waals surface area contributed by atoms with Gasteiger partial charge in [0.25, 0.3) is 0 Å². The van der Waals surface area contributed by atoms with Crippen LogP contribution in [0.1, 0.15) is 140 Å². The van der Waals surface area contributed by atoms with Gasteiger partial charge in [-0.25, -0.2) is 14.4 Å². The van der Waals surface area contributed by atoms with Crippen LogP contribution in [0.3, 0.4) is 0 Å². The van der Waals surface area contributed by atoms with Crippen LogP contribution >= 0.6 is 0 Å². The summed E-state index contributed by atoms with van der Waals surface area (Å²) < 4.78 is 5.59. The fraction of sp³-hybridized carbons (Fsp3) is 0.700. The van der Waals surface area contributed by atoms with E-state index in [1.165, 1.54) is 67.3 Å². The highest BCUT2D eigenvalue weighted by Gasteiger charge is 2.45. The topological polar surface area (TPSA) is 129 Å². The Bertz CT molecular complexity index is 1850. The second-order valence-electron chi connectivity index (χ2n) is 20.2. The molecule has 3 N–H and O–H groups in total. The number of nitrogens with zero attached hydrogens (tertiary/aromatic N) is 5. The molecule has 2 spiro atoms. The molecular formula is C50H78N6O6. The normalized spacial score (nSPS) is 24.0. The lowest BCUT2D eigenvalue weighted by molar-refractivity contribution is -0.140. The predicted molar refractivity (Wildman–Crippen MR) is 248 cm³/mol. The quantitative estimate of drug-likeness (QED) is 0.236. The number of anilines is 2. The molecule has 0 aliphatic carbocycles. The number of likely N-dealkylation sites (tertiary alicyclic amines) is 3. The number of aryl methyl sites for hydroxylation is 2. The van der Waals surface area contributed by atoms with Crippen molar-refractivity contribution in [3.63, 3.8) is 0 Å². The molecule has 0 bridgehead atoms. The number of carbonyl (C=O) groups excluding carboxylic acids is 1. The summed E-state index contributed by atoms with van der Waals surface area (Å²) in [5, 5.41) is 22.9. The summed E-state index contributed by atoms with van der Waals surface area (Å²) in [6.45, 7) is 19.4. The van der Waals surface area contributed by atoms with Crippen LogP contribution in [0.4, 0.5) is 16.2 Å². The molecule has 6 saturated heterocycles. The van der Waals surface area contributed by atoms with Gasteiger partial charge in [-0.15, -0.1) is 0 Å². The SMILES string of the molecule is C.Cc1cc(CN2CCCC23CCN(C(=O)OC(C)(C)C)CC3)cc(N2CCCC[C@H]2C(=O)O)c1.Cc1cc(CN2CCCC23CCNCC3)cc(N2CCCCC2C(=O)O)c1. The lowest BCUT2D eigenvalue weighted by Crippen LogP contribution is -2.53. The van der Waals surface area contributed by atoms with Gasteiger partial charge < -0.3 is 35.0 Å². The van der Waals surface area contributed by atoms with Gasteiger partial charge in [-0.3, -0.25) is 9.80 Å². The van der Waals surface area contributed by atoms with Crippen molar-refractivity contribution in [2.45, 2.75) is 174 Å². The second-order valence-corrected chi connectivity index (χ2v) is 20.2. The molecular weight excluding hydrogens is 781 g/mol. The molecule has 2 aromatic rings. The van der Waals surface area contributed by atoms with Gasteiger partial charge in [-0.1, -0.05) is 19.6 Å². The number of carboxylic acids is 2. The maximum atomic E-state index is 12.5. The van der Waals surface area contributed by atoms with Crippen molar-refractivity contribution in [2.24, 2.45) is 0 Å². The van der Waals surface area contributed by atoms with E-state index in [2.05, 4.69) is 75.2 Å². The minimum atomic E-state index is -0.724. The first-order chi connectivity index (χ1) is 29.1. The molecule has 8 rings (SSSR count). The number of carboxylic acid groups (broad SMARTS) is 2. The molecule has 2 atom stereocenters. The van der Waals surface area contributed by atoms with E-state index >= 15 is 0 Å². The third-order valence-electron chi connectivity index (χ3n) is 14.6. The molecule has 6 aliphatic rings. The van der Waals surface area contributed by atoms with Gasteiger partial charge in [0.05, 0.1) is 0 Å². The molecule has 6 heterocycles. The number of ether oxygens (including phenoxy) is 1. The van der Waals surface area contributed by atoms with Crippen LogP contribution in [0.2, 0.25) is 0 Å². The van der Waals surface area contributed by atoms with Crippen molar-refractivity contribution in [3.05, 3.63) is 58.7 Å². The Hall–Kier alpha value is -3.87. The van der Waals surface area contributed by atoms with Crippen LogP contribution in [-0.4, -0.2) is 124 Å². The molecule has 1 unspecified atom stereocenters. The Kier molecular flexibility index (Phi) is 15.6. The first-order valence-electron chi connectivity index (χ1n) is 23.5. The number of piperidine rings is 4. The first kappa shape index (κ1) is 47.6. The van der Waals surface area contributed by atoms with Gasteiger partial charge in [0.1, 0.15) is 17.7 Å². The van der Waals surface area contributed by atoms with Crippen molar-refractivity contribution >= 4 is 29.4 Å². The molecule has 1 amide bonds. The van der Waals surface area contributed by atoms with E-state index in [0.717, 1.165) is 115 Å². The van der Waals surface area contributed by atoms with Crippen LogP contribution in [0.15, 0.2) is 36.4 Å². The summed E-state index contributed by atoms with van der Waals surface area (Å²) in [4.78, 5) is 47.5. The van der Waals surface area contributed by atoms with Gasteiger partial charge in [0, 0.05) is 61.7 Å². The number of amides is 1. The molecule has 0 radical (unpaired) electrons. The average molecular weight is 859 g/mol. The Morgan fingerprint density at radius 2 is 1.08 bits per heavy atom. The predicted octanol–water partition coefficient (Wildman–Crippen LogP) is 8.60. The first-order valence-corrected chi connectivity index (χ1v) is 23.5. The standard InChI is InChI=1S/C27H41N3O4.C22H33N3O2.CH4/c1-20-16-21(18-22(17-20)30-13-6-5-8-23(30)24(31)32)19-29-12-7-9-27(29)10-14-28(15-11-27)25(33)34-26(2,3)4;1-17-13-18(16-24-11-4-6-22(24)7-9-23-10-8-22)15-19(14-17)25-12-3-2-5-20(25)21(26)27;/h16-18,23H,5-15,19H2,1-4H3,(H,31,32);13-15,20,23H,2-12,16H2,1H3,(H,26,27);1H4/t23-;;/m0../s1. The molecule has 6 fully saturated rings. The minimum Gasteiger partial charge on any atom is -0.480 e. The Morgan fingerprint density at radius 1 is 0.629 bits per heavy atom. The summed E-state index contributed by atoms with van der Waals surface area (Å²) in [5.74, 6) is -1.41. The lowest BCUT2D eigenvalue weighted by Gasteiger charge is -2.45. The van der Waals surface area contributed by atoms with Crippen molar-refractivity contribution in [1.29, 1.82) is 0 Å². The summed E-state index contributed by atoms with van der Waals surface area (Å²) in [6.07, 6.45) is 14.8. The number of carbonyl (C=O) groups is 3. The van der Waals surface area contributed by atoms with Gasteiger partial charge in [0.2, 0.25) is 0 Å². The number of aliphatic carboxylic acids is 2. The fourth-order valence-corrected chi connectivity index (χ4v) is 11.6. The number of nitrogens with one attached hydrogen (secondary N) is 1. The highest BCUT2D eigenvalue weighted by atomic mass is 16.6. The third-order valence-corrected chi connectivity index (χ3v) is 14.6. The molecule has 12 heteroatoms. The largest absolute Gasteiger partial charge is 0.480 e. The monoisotopic (exact) mass is 859 g/mol. The van der Waals surface area contributed by atoms with E-state index in [-0.39, 0.29) is 25.1 Å². The number of rotatable bonds is 8. The average Bonchev–Trinajstić information content (AvgIpc) is 3.79. The van der Waals surface area contributed by atoms with E-state index in [9.17, 15) is 24.6 Å². The molecule has 6 aliphatic heterocycles. The van der Waals surface area contributed by atoms with E-state index in [0.29, 0.717) is 12.0 Å². The second kappa shape index (κ2) is 20.3. The molecule has 0 aromatic heterocycles. The summed E-state index contributed by atoms with van der Waals surface area (Å²) in [6, 6.07) is 12.5. The molecule has 2 aromatic carbocycles. The molecule has 0 saturated carbocycles. The lowest BCUT2D eigenvalue weighted by atomic mass is 9.84. The maximum Gasteiger partial charge on any atom is 0.410 e. The van der Waals surface area contributed by atoms with Gasteiger partial charge >= 0.3 is 18.0 Å². The summed E-state index contributed by atoms with van der Waals surface area (Å²) in [7, 11) is 0. The number of hydrogen-bond donors (Lipinski definition) is 3. The van der Waals surface area contributed by atoms with Crippen molar-refractivity contribution in [2.75, 3.05) is 62.2 Å². The summed E-state index contributed by atoms with van der Waals surface area (Å²) in [5.41, 5.74) is 7.17. The van der Waals surface area contributed by atoms with Crippen LogP contribution in [-0.2, 0) is 27.4 Å². The van der Waals surface area contributed by atoms with Crippen molar-refractivity contribution < 1.29 is 29.3 Å². The zero-order chi connectivity index (χ0) is 43.4. The van der Waals surface area contributed by atoms with E-state index in [1.807, 2.05) is 25.7 Å². The van der Waals surface area contributed by atoms with E-state index in [4.69, 9.17) is 4.74 Å². The highest BCUT2D eigenvalue weighted by molar-refractivity contribution is 5.79. The minimum absolute atomic E-state index is 0. The van der Waals surface area contributed by atoms with E-state index in [1.54, 1.807) is 0 Å². The highest BCUT2D eigenvalue weighted by Crippen LogP contribution is 2.41. The zero-order valence-electron chi connectivity index (χ0n) is 37.9. The molecule has 62 heavy (non-hydrogen) atoms. The van der Waals surface area contributed by atoms with E-state index < -0.39 is 23.6 Å². The Labute approximate surface area is 372 Å². The zero-order valence-corrected chi connectivity index (χ0v) is 37.9. The summed E-state index contributed by atoms with van der Waals surface area (Å²) >= 11 is 0. The Morgan fingerprint density at radius 3 is 1.52 bits per heavy atom. The molecule has 12 nitrogen and oxygen atoms in total. The van der Waals surface area contributed by atoms with Gasteiger partial charge in [-0.05, 0) is 197 Å². The molecule has 344 valence electrons. The third kappa shape index (κ3) is 11.3. The smallest absolute Gasteiger partial charge is 0.410 e. The van der Waals surface area contributed by atoms with Crippen LogP contribution in [0.25, 0.3) is 0 Å². The van der Waals surface area contributed by atoms with Crippen molar-refractivity contribution in [3.8, 4) is 0 Å². The number of hydrogen-bond acceptors (Lipinski definition) is 9. The van der Waals surface area contributed by atoms with Crippen LogP contribution in [0, 0.1) is 13.8 Å². The van der Waals surface area contributed by atoms with Gasteiger partial charge in [0.15, 0.2) is 0 Å². The van der Waals surface area contributed by atoms with Crippen LogP contribution < -0.4 is 15.1 Å². The maximum absolute atomic E-state index is 12.5. The fourth-order valence-electron chi connectivity index (χ4n) is 11.6. The number of benzene rings is 2. The van der Waals surface area contributed by atoms with Gasteiger partial charge in [-0.2, -0.15) is 0 Å². The van der Waals surface area contributed by atoms with Crippen LogP contribution in [0.5, 0.6) is 0 Å². The Balaban J connectivity index is 0.000000209.